The minimum Gasteiger partial charge on any atom is -0.392 e. The van der Waals surface area contributed by atoms with E-state index in [9.17, 15) is 10.2 Å². The quantitative estimate of drug-likeness (QED) is 0.508. The summed E-state index contributed by atoms with van der Waals surface area (Å²) in [5.74, 6) is 2.57. The zero-order chi connectivity index (χ0) is 19.1. The van der Waals surface area contributed by atoms with Crippen molar-refractivity contribution in [2.45, 2.75) is 91.3 Å². The lowest BCUT2D eigenvalue weighted by Crippen LogP contribution is -2.39. The molecule has 2 fully saturated rings. The number of hydrogen-bond acceptors (Lipinski definition) is 4. The molecule has 0 spiro atoms. The van der Waals surface area contributed by atoms with Crippen molar-refractivity contribution in [1.82, 2.24) is 0 Å². The maximum atomic E-state index is 10.4. The standard InChI is InChI=1S/C22H40N2O2/c1-5-15-9-11-21(25)19(17(15)7-3)13-23-24-14-20-18(8-4)16(6-2)10-12-22(20)26/h13-22,25-26H,5-12H2,1-4H3. The lowest BCUT2D eigenvalue weighted by molar-refractivity contribution is 0.0337. The van der Waals surface area contributed by atoms with Crippen LogP contribution in [-0.2, 0) is 0 Å². The van der Waals surface area contributed by atoms with Gasteiger partial charge in [0.25, 0.3) is 0 Å². The first-order valence-corrected chi connectivity index (χ1v) is 11.0. The van der Waals surface area contributed by atoms with Crippen LogP contribution in [-0.4, -0.2) is 34.9 Å². The van der Waals surface area contributed by atoms with Crippen molar-refractivity contribution < 1.29 is 10.2 Å². The summed E-state index contributed by atoms with van der Waals surface area (Å²) in [6, 6.07) is 0. The van der Waals surface area contributed by atoms with E-state index in [1.807, 2.05) is 12.4 Å². The molecule has 0 amide bonds. The first-order valence-electron chi connectivity index (χ1n) is 11.0. The lowest BCUT2D eigenvalue weighted by atomic mass is 9.69. The summed E-state index contributed by atoms with van der Waals surface area (Å²) in [5.41, 5.74) is 0. The van der Waals surface area contributed by atoms with Crippen LogP contribution in [0.2, 0.25) is 0 Å². The Kier molecular flexibility index (Phi) is 8.75. The highest BCUT2D eigenvalue weighted by molar-refractivity contribution is 5.66. The molecule has 0 radical (unpaired) electrons. The molecule has 8 unspecified atom stereocenters. The van der Waals surface area contributed by atoms with Gasteiger partial charge in [-0.05, 0) is 49.4 Å². The third-order valence-corrected chi connectivity index (χ3v) is 7.29. The largest absolute Gasteiger partial charge is 0.392 e. The molecule has 2 aliphatic rings. The average Bonchev–Trinajstić information content (AvgIpc) is 2.66. The zero-order valence-corrected chi connectivity index (χ0v) is 17.2. The molecule has 4 heteroatoms. The lowest BCUT2D eigenvalue weighted by Gasteiger charge is -2.39. The van der Waals surface area contributed by atoms with Crippen molar-refractivity contribution in [3.63, 3.8) is 0 Å². The fraction of sp³-hybridized carbons (Fsp3) is 0.909. The second kappa shape index (κ2) is 10.6. The number of hydrogen-bond donors (Lipinski definition) is 2. The first kappa shape index (κ1) is 21.6. The number of rotatable bonds is 7. The fourth-order valence-electron chi connectivity index (χ4n) is 5.66. The molecule has 2 saturated carbocycles. The minimum atomic E-state index is -0.296. The Morgan fingerprint density at radius 2 is 1.04 bits per heavy atom. The summed E-state index contributed by atoms with van der Waals surface area (Å²) in [4.78, 5) is 0. The van der Waals surface area contributed by atoms with Crippen LogP contribution in [0.25, 0.3) is 0 Å². The monoisotopic (exact) mass is 364 g/mol. The van der Waals surface area contributed by atoms with Gasteiger partial charge >= 0.3 is 0 Å². The molecule has 0 heterocycles. The predicted octanol–water partition coefficient (Wildman–Crippen LogP) is 4.69. The Labute approximate surface area is 160 Å². The Bertz CT molecular complexity index is 423. The maximum absolute atomic E-state index is 10.4. The molecule has 2 N–H and O–H groups in total. The van der Waals surface area contributed by atoms with Gasteiger partial charge in [-0.25, -0.2) is 0 Å². The average molecular weight is 365 g/mol. The molecular formula is C22H40N2O2. The molecule has 2 aliphatic carbocycles. The maximum Gasteiger partial charge on any atom is 0.0621 e. The van der Waals surface area contributed by atoms with E-state index in [0.717, 1.165) is 38.5 Å². The molecular weight excluding hydrogens is 324 g/mol. The van der Waals surface area contributed by atoms with Gasteiger partial charge < -0.3 is 10.2 Å². The molecule has 2 rings (SSSR count). The summed E-state index contributed by atoms with van der Waals surface area (Å²) in [7, 11) is 0. The smallest absolute Gasteiger partial charge is 0.0621 e. The normalized spacial score (nSPS) is 41.9. The molecule has 4 nitrogen and oxygen atoms in total. The highest BCUT2D eigenvalue weighted by atomic mass is 16.3. The fourth-order valence-corrected chi connectivity index (χ4v) is 5.66. The van der Waals surface area contributed by atoms with Crippen molar-refractivity contribution in [1.29, 1.82) is 0 Å². The molecule has 150 valence electrons. The molecule has 8 atom stereocenters. The third-order valence-electron chi connectivity index (χ3n) is 7.29. The molecule has 0 aromatic rings. The SMILES string of the molecule is CCC1CCC(O)C(C=NN=CC2C(O)CCC(CC)C2CC)C1CC. The Hall–Kier alpha value is -0.740. The van der Waals surface area contributed by atoms with Gasteiger partial charge in [0.15, 0.2) is 0 Å². The van der Waals surface area contributed by atoms with Gasteiger partial charge in [-0.2, -0.15) is 10.2 Å². The summed E-state index contributed by atoms with van der Waals surface area (Å²) >= 11 is 0. The molecule has 26 heavy (non-hydrogen) atoms. The zero-order valence-electron chi connectivity index (χ0n) is 17.2. The Balaban J connectivity index is 2.04. The van der Waals surface area contributed by atoms with E-state index in [2.05, 4.69) is 37.9 Å². The van der Waals surface area contributed by atoms with E-state index in [0.29, 0.717) is 23.7 Å². The molecule has 0 aromatic heterocycles. The van der Waals surface area contributed by atoms with E-state index < -0.39 is 0 Å². The van der Waals surface area contributed by atoms with Crippen molar-refractivity contribution in [2.75, 3.05) is 0 Å². The van der Waals surface area contributed by atoms with E-state index in [1.165, 1.54) is 12.8 Å². The van der Waals surface area contributed by atoms with E-state index in [1.54, 1.807) is 0 Å². The van der Waals surface area contributed by atoms with Crippen LogP contribution in [0.1, 0.15) is 79.1 Å². The van der Waals surface area contributed by atoms with Gasteiger partial charge in [-0.1, -0.05) is 53.4 Å². The van der Waals surface area contributed by atoms with Crippen LogP contribution in [0.4, 0.5) is 0 Å². The summed E-state index contributed by atoms with van der Waals surface area (Å²) in [6.07, 6.45) is 11.6. The summed E-state index contributed by atoms with van der Waals surface area (Å²) in [6.45, 7) is 8.92. The first-order chi connectivity index (χ1) is 12.6. The number of nitrogens with zero attached hydrogens (tertiary/aromatic N) is 2. The highest BCUT2D eigenvalue weighted by Gasteiger charge is 2.37. The van der Waals surface area contributed by atoms with Crippen molar-refractivity contribution in [3.8, 4) is 0 Å². The van der Waals surface area contributed by atoms with Crippen LogP contribution in [0.5, 0.6) is 0 Å². The van der Waals surface area contributed by atoms with Crippen LogP contribution in [0, 0.1) is 35.5 Å². The van der Waals surface area contributed by atoms with Gasteiger partial charge in [-0.15, -0.1) is 0 Å². The van der Waals surface area contributed by atoms with E-state index >= 15 is 0 Å². The summed E-state index contributed by atoms with van der Waals surface area (Å²) < 4.78 is 0. The predicted molar refractivity (Wildman–Crippen MR) is 110 cm³/mol. The van der Waals surface area contributed by atoms with Crippen LogP contribution in [0.3, 0.4) is 0 Å². The Morgan fingerprint density at radius 3 is 1.35 bits per heavy atom. The molecule has 0 bridgehead atoms. The van der Waals surface area contributed by atoms with Crippen LogP contribution >= 0.6 is 0 Å². The number of aliphatic hydroxyl groups excluding tert-OH is 2. The molecule has 0 aliphatic heterocycles. The van der Waals surface area contributed by atoms with Gasteiger partial charge in [0.1, 0.15) is 0 Å². The van der Waals surface area contributed by atoms with Gasteiger partial charge in [0.05, 0.1) is 12.2 Å². The molecule has 0 saturated heterocycles. The molecule has 0 aromatic carbocycles. The number of aliphatic hydroxyl groups is 2. The Morgan fingerprint density at radius 1 is 0.654 bits per heavy atom. The van der Waals surface area contributed by atoms with Crippen LogP contribution in [0.15, 0.2) is 10.2 Å². The van der Waals surface area contributed by atoms with Gasteiger partial charge in [0.2, 0.25) is 0 Å². The third kappa shape index (κ3) is 4.95. The summed E-state index contributed by atoms with van der Waals surface area (Å²) in [5, 5.41) is 29.5. The minimum absolute atomic E-state index is 0.109. The van der Waals surface area contributed by atoms with Gasteiger partial charge in [-0.3, -0.25) is 0 Å². The van der Waals surface area contributed by atoms with E-state index in [4.69, 9.17) is 0 Å². The van der Waals surface area contributed by atoms with Crippen molar-refractivity contribution in [2.24, 2.45) is 45.7 Å². The van der Waals surface area contributed by atoms with Crippen molar-refractivity contribution in [3.05, 3.63) is 0 Å². The van der Waals surface area contributed by atoms with Gasteiger partial charge in [0, 0.05) is 24.3 Å². The highest BCUT2D eigenvalue weighted by Crippen LogP contribution is 2.39. The second-order valence-electron chi connectivity index (χ2n) is 8.45. The topological polar surface area (TPSA) is 65.2 Å². The van der Waals surface area contributed by atoms with Crippen LogP contribution < -0.4 is 0 Å². The second-order valence-corrected chi connectivity index (χ2v) is 8.45. The van der Waals surface area contributed by atoms with Crippen molar-refractivity contribution >= 4 is 12.4 Å². The van der Waals surface area contributed by atoms with E-state index in [-0.39, 0.29) is 24.0 Å².